The van der Waals surface area contributed by atoms with Crippen molar-refractivity contribution < 1.29 is 10.2 Å². The van der Waals surface area contributed by atoms with Crippen molar-refractivity contribution in [2.75, 3.05) is 0 Å². The van der Waals surface area contributed by atoms with E-state index in [0.717, 1.165) is 43.1 Å². The van der Waals surface area contributed by atoms with Crippen LogP contribution < -0.4 is 0 Å². The van der Waals surface area contributed by atoms with Gasteiger partial charge in [0, 0.05) is 20.9 Å². The minimum absolute atomic E-state index is 0.327. The largest absolute Gasteiger partial charge is 0.507 e. The second kappa shape index (κ2) is 5.74. The molecule has 2 aromatic carbocycles. The molecule has 0 amide bonds. The minimum Gasteiger partial charge on any atom is -0.507 e. The fourth-order valence-electron chi connectivity index (χ4n) is 2.92. The lowest BCUT2D eigenvalue weighted by Gasteiger charge is -2.08. The Morgan fingerprint density at radius 3 is 1.43 bits per heavy atom. The fourth-order valence-corrected chi connectivity index (χ4v) is 3.96. The minimum atomic E-state index is 0.327. The highest BCUT2D eigenvalue weighted by Gasteiger charge is 2.14. The quantitative estimate of drug-likeness (QED) is 0.632. The second-order valence-corrected chi connectivity index (χ2v) is 7.20. The molecule has 0 spiro atoms. The Labute approximate surface area is 140 Å². The van der Waals surface area contributed by atoms with Gasteiger partial charge < -0.3 is 10.2 Å². The summed E-state index contributed by atoms with van der Waals surface area (Å²) in [6.07, 6.45) is 0. The molecular weight excluding hydrogens is 304 g/mol. The van der Waals surface area contributed by atoms with E-state index in [2.05, 4.69) is 0 Å². The molecule has 0 aliphatic heterocycles. The lowest BCUT2D eigenvalue weighted by Crippen LogP contribution is -1.83. The number of phenols is 2. The van der Waals surface area contributed by atoms with E-state index < -0.39 is 0 Å². The van der Waals surface area contributed by atoms with E-state index in [9.17, 15) is 10.2 Å². The molecule has 0 saturated carbocycles. The summed E-state index contributed by atoms with van der Waals surface area (Å²) in [7, 11) is 0. The molecule has 3 aromatic rings. The summed E-state index contributed by atoms with van der Waals surface area (Å²) >= 11 is 1.58. The van der Waals surface area contributed by atoms with E-state index >= 15 is 0 Å². The van der Waals surface area contributed by atoms with Crippen LogP contribution in [0.1, 0.15) is 22.3 Å². The molecule has 0 bridgehead atoms. The maximum atomic E-state index is 10.4. The van der Waals surface area contributed by atoms with E-state index in [4.69, 9.17) is 0 Å². The Morgan fingerprint density at radius 1 is 0.652 bits per heavy atom. The number of rotatable bonds is 2. The maximum absolute atomic E-state index is 10.4. The molecule has 0 saturated heterocycles. The number of aromatic hydroxyl groups is 2. The number of benzene rings is 2. The molecule has 2 N–H and O–H groups in total. The van der Waals surface area contributed by atoms with Crippen molar-refractivity contribution in [1.29, 1.82) is 0 Å². The van der Waals surface area contributed by atoms with Crippen LogP contribution in [0, 0.1) is 27.7 Å². The molecule has 2 nitrogen and oxygen atoms in total. The van der Waals surface area contributed by atoms with Crippen LogP contribution in [-0.2, 0) is 0 Å². The monoisotopic (exact) mass is 324 g/mol. The smallest absolute Gasteiger partial charge is 0.127 e. The Kier molecular flexibility index (Phi) is 3.90. The molecule has 3 heteroatoms. The highest BCUT2D eigenvalue weighted by Crippen LogP contribution is 2.43. The summed E-state index contributed by atoms with van der Waals surface area (Å²) in [5.41, 5.74) is 5.71. The van der Waals surface area contributed by atoms with Crippen LogP contribution in [0.15, 0.2) is 36.4 Å². The van der Waals surface area contributed by atoms with Gasteiger partial charge in [0.25, 0.3) is 0 Å². The first-order valence-corrected chi connectivity index (χ1v) is 8.39. The van der Waals surface area contributed by atoms with Crippen LogP contribution in [0.4, 0.5) is 0 Å². The van der Waals surface area contributed by atoms with Gasteiger partial charge in [-0.3, -0.25) is 0 Å². The molecule has 0 radical (unpaired) electrons. The molecule has 1 heterocycles. The van der Waals surface area contributed by atoms with Gasteiger partial charge in [-0.2, -0.15) is 0 Å². The van der Waals surface area contributed by atoms with E-state index in [1.807, 2.05) is 64.1 Å². The lowest BCUT2D eigenvalue weighted by atomic mass is 10.0. The summed E-state index contributed by atoms with van der Waals surface area (Å²) in [5.74, 6) is 0.655. The lowest BCUT2D eigenvalue weighted by molar-refractivity contribution is 0.472. The van der Waals surface area contributed by atoms with Crippen LogP contribution in [0.3, 0.4) is 0 Å². The number of aryl methyl sites for hydroxylation is 4. The molecule has 118 valence electrons. The summed E-state index contributed by atoms with van der Waals surface area (Å²) < 4.78 is 0. The molecule has 23 heavy (non-hydrogen) atoms. The highest BCUT2D eigenvalue weighted by molar-refractivity contribution is 7.18. The zero-order valence-corrected chi connectivity index (χ0v) is 14.6. The van der Waals surface area contributed by atoms with Gasteiger partial charge in [-0.25, -0.2) is 0 Å². The van der Waals surface area contributed by atoms with Gasteiger partial charge in [0.05, 0.1) is 0 Å². The standard InChI is InChI=1S/C20H20O2S/c1-11-7-13(3)19(21)15(9-11)17-5-6-18(23-17)16-10-12(2)8-14(4)20(16)22/h5-10,21-22H,1-4H3. The number of thiophene rings is 1. The van der Waals surface area contributed by atoms with Crippen LogP contribution >= 0.6 is 11.3 Å². The average Bonchev–Trinajstić information content (AvgIpc) is 2.96. The number of phenolic OH excluding ortho intramolecular Hbond substituents is 2. The molecule has 3 rings (SSSR count). The summed E-state index contributed by atoms with van der Waals surface area (Å²) in [5, 5.41) is 20.7. The molecular formula is C20H20O2S. The van der Waals surface area contributed by atoms with Gasteiger partial charge >= 0.3 is 0 Å². The predicted octanol–water partition coefficient (Wildman–Crippen LogP) is 5.73. The Hall–Kier alpha value is -2.26. The number of hydrogen-bond donors (Lipinski definition) is 2. The third-order valence-corrected chi connectivity index (χ3v) is 5.18. The van der Waals surface area contributed by atoms with Crippen molar-refractivity contribution in [2.45, 2.75) is 27.7 Å². The van der Waals surface area contributed by atoms with Gasteiger partial charge in [-0.15, -0.1) is 11.3 Å². The van der Waals surface area contributed by atoms with E-state index in [1.54, 1.807) is 11.3 Å². The van der Waals surface area contributed by atoms with Crippen molar-refractivity contribution >= 4 is 11.3 Å². The van der Waals surface area contributed by atoms with Crippen LogP contribution in [0.2, 0.25) is 0 Å². The van der Waals surface area contributed by atoms with Crippen LogP contribution in [0.25, 0.3) is 20.9 Å². The third kappa shape index (κ3) is 2.84. The SMILES string of the molecule is Cc1cc(C)c(O)c(-c2ccc(-c3cc(C)cc(C)c3O)s2)c1. The molecule has 1 aromatic heterocycles. The fraction of sp³-hybridized carbons (Fsp3) is 0.200. The highest BCUT2D eigenvalue weighted by atomic mass is 32.1. The average molecular weight is 324 g/mol. The molecule has 0 fully saturated rings. The van der Waals surface area contributed by atoms with E-state index in [0.29, 0.717) is 11.5 Å². The van der Waals surface area contributed by atoms with Gasteiger partial charge in [0.15, 0.2) is 0 Å². The topological polar surface area (TPSA) is 40.5 Å². The summed E-state index contributed by atoms with van der Waals surface area (Å²) in [6.45, 7) is 7.88. The maximum Gasteiger partial charge on any atom is 0.127 e. The van der Waals surface area contributed by atoms with Gasteiger partial charge in [0.1, 0.15) is 11.5 Å². The van der Waals surface area contributed by atoms with Crippen LogP contribution in [0.5, 0.6) is 11.5 Å². The van der Waals surface area contributed by atoms with E-state index in [-0.39, 0.29) is 0 Å². The van der Waals surface area contributed by atoms with Crippen LogP contribution in [-0.4, -0.2) is 10.2 Å². The molecule has 0 unspecified atom stereocenters. The van der Waals surface area contributed by atoms with Crippen molar-refractivity contribution in [1.82, 2.24) is 0 Å². The summed E-state index contributed by atoms with van der Waals surface area (Å²) in [6, 6.07) is 12.0. The van der Waals surface area contributed by atoms with Gasteiger partial charge in [-0.1, -0.05) is 12.1 Å². The first-order valence-electron chi connectivity index (χ1n) is 7.58. The zero-order valence-electron chi connectivity index (χ0n) is 13.8. The predicted molar refractivity (Wildman–Crippen MR) is 97.5 cm³/mol. The Balaban J connectivity index is 2.12. The van der Waals surface area contributed by atoms with Gasteiger partial charge in [0.2, 0.25) is 0 Å². The van der Waals surface area contributed by atoms with E-state index in [1.165, 1.54) is 0 Å². The Morgan fingerprint density at radius 2 is 1.04 bits per heavy atom. The third-order valence-electron chi connectivity index (χ3n) is 4.03. The molecule has 0 aliphatic carbocycles. The normalized spacial score (nSPS) is 11.0. The van der Waals surface area contributed by atoms with Crippen molar-refractivity contribution in [3.05, 3.63) is 58.7 Å². The van der Waals surface area contributed by atoms with Crippen molar-refractivity contribution in [2.24, 2.45) is 0 Å². The van der Waals surface area contributed by atoms with Gasteiger partial charge in [-0.05, 0) is 74.2 Å². The first-order chi connectivity index (χ1) is 10.9. The van der Waals surface area contributed by atoms with Crippen molar-refractivity contribution in [3.8, 4) is 32.4 Å². The summed E-state index contributed by atoms with van der Waals surface area (Å²) in [4.78, 5) is 2.01. The Bertz CT molecular complexity index is 819. The second-order valence-electron chi connectivity index (χ2n) is 6.12. The van der Waals surface area contributed by atoms with Crippen molar-refractivity contribution in [3.63, 3.8) is 0 Å². The first kappa shape index (κ1) is 15.6. The molecule has 0 aliphatic rings. The molecule has 0 atom stereocenters. The number of hydrogen-bond acceptors (Lipinski definition) is 3. The zero-order chi connectivity index (χ0) is 16.7.